The van der Waals surface area contributed by atoms with Crippen molar-refractivity contribution >= 4 is 18.5 Å². The van der Waals surface area contributed by atoms with Gasteiger partial charge in [0.25, 0.3) is 5.91 Å². The van der Waals surface area contributed by atoms with Crippen molar-refractivity contribution in [1.29, 1.82) is 0 Å². The van der Waals surface area contributed by atoms with E-state index in [1.165, 1.54) is 0 Å². The lowest BCUT2D eigenvalue weighted by Crippen LogP contribution is -2.36. The molecule has 0 saturated carbocycles. The third-order valence-corrected chi connectivity index (χ3v) is 7.79. The third-order valence-electron chi connectivity index (χ3n) is 4.50. The molecule has 7 heteroatoms. The number of hydrogen-bond acceptors (Lipinski definition) is 4. The average Bonchev–Trinajstić information content (AvgIpc) is 2.85. The fourth-order valence-electron chi connectivity index (χ4n) is 3.16. The van der Waals surface area contributed by atoms with Gasteiger partial charge in [0.05, 0.1) is 6.54 Å². The Labute approximate surface area is 153 Å². The Kier molecular flexibility index (Phi) is 6.09. The molecule has 138 valence electrons. The van der Waals surface area contributed by atoms with E-state index in [9.17, 15) is 9.36 Å². The standard InChI is InChI=1S/C19H23N2O4P/c22-19(20-23)15-21-13-5-2-6-14-26(21,24)18-11-9-17(10-12-18)25-16-7-3-1-4-8-16/h1,3-4,7-12,23H,2,5-6,13-15H2,(H,20,22). The zero-order valence-electron chi connectivity index (χ0n) is 14.5. The van der Waals surface area contributed by atoms with E-state index in [1.807, 2.05) is 42.5 Å². The summed E-state index contributed by atoms with van der Waals surface area (Å²) >= 11 is 0. The zero-order valence-corrected chi connectivity index (χ0v) is 15.4. The molecule has 0 bridgehead atoms. The van der Waals surface area contributed by atoms with Gasteiger partial charge in [-0.2, -0.15) is 0 Å². The highest BCUT2D eigenvalue weighted by molar-refractivity contribution is 7.69. The van der Waals surface area contributed by atoms with Crippen LogP contribution in [0.5, 0.6) is 11.5 Å². The first-order chi connectivity index (χ1) is 12.6. The van der Waals surface area contributed by atoms with E-state index in [2.05, 4.69) is 0 Å². The zero-order chi connectivity index (χ0) is 18.4. The van der Waals surface area contributed by atoms with Crippen LogP contribution in [0.15, 0.2) is 54.6 Å². The molecule has 2 aromatic rings. The Morgan fingerprint density at radius 3 is 2.42 bits per heavy atom. The molecule has 1 fully saturated rings. The number of nitrogens with zero attached hydrogens (tertiary/aromatic N) is 1. The minimum absolute atomic E-state index is 0.0734. The summed E-state index contributed by atoms with van der Waals surface area (Å²) in [6, 6.07) is 16.7. The molecule has 1 unspecified atom stereocenters. The first-order valence-electron chi connectivity index (χ1n) is 8.73. The summed E-state index contributed by atoms with van der Waals surface area (Å²) in [6.07, 6.45) is 3.26. The average molecular weight is 374 g/mol. The summed E-state index contributed by atoms with van der Waals surface area (Å²) in [7, 11) is -2.88. The van der Waals surface area contributed by atoms with Crippen LogP contribution in [-0.2, 0) is 9.36 Å². The molecule has 1 saturated heterocycles. The van der Waals surface area contributed by atoms with Gasteiger partial charge in [-0.1, -0.05) is 24.6 Å². The maximum Gasteiger partial charge on any atom is 0.257 e. The summed E-state index contributed by atoms with van der Waals surface area (Å²) in [4.78, 5) is 11.6. The van der Waals surface area contributed by atoms with Crippen LogP contribution in [0.2, 0.25) is 0 Å². The van der Waals surface area contributed by atoms with E-state index in [-0.39, 0.29) is 6.54 Å². The van der Waals surface area contributed by atoms with E-state index in [0.29, 0.717) is 23.8 Å². The van der Waals surface area contributed by atoms with Crippen molar-refractivity contribution in [1.82, 2.24) is 10.2 Å². The minimum Gasteiger partial charge on any atom is -0.457 e. The van der Waals surface area contributed by atoms with Gasteiger partial charge in [0.1, 0.15) is 11.5 Å². The summed E-state index contributed by atoms with van der Waals surface area (Å²) in [5.41, 5.74) is 1.64. The predicted octanol–water partition coefficient (Wildman–Crippen LogP) is 3.37. The number of amides is 1. The second-order valence-electron chi connectivity index (χ2n) is 6.32. The van der Waals surface area contributed by atoms with Crippen molar-refractivity contribution in [3.8, 4) is 11.5 Å². The molecule has 0 spiro atoms. The number of carbonyl (C=O) groups is 1. The molecule has 1 atom stereocenters. The van der Waals surface area contributed by atoms with E-state index >= 15 is 0 Å². The highest BCUT2D eigenvalue weighted by atomic mass is 31.2. The van der Waals surface area contributed by atoms with Gasteiger partial charge in [-0.05, 0) is 49.2 Å². The van der Waals surface area contributed by atoms with Gasteiger partial charge in [0, 0.05) is 18.0 Å². The lowest BCUT2D eigenvalue weighted by molar-refractivity contribution is -0.129. The van der Waals surface area contributed by atoms with Crippen molar-refractivity contribution in [2.24, 2.45) is 0 Å². The smallest absolute Gasteiger partial charge is 0.257 e. The molecule has 0 aliphatic carbocycles. The van der Waals surface area contributed by atoms with E-state index in [0.717, 1.165) is 25.0 Å². The summed E-state index contributed by atoms with van der Waals surface area (Å²) in [5, 5.41) is 9.53. The quantitative estimate of drug-likeness (QED) is 0.477. The molecule has 1 heterocycles. The van der Waals surface area contributed by atoms with Gasteiger partial charge < -0.3 is 9.30 Å². The van der Waals surface area contributed by atoms with Crippen LogP contribution in [0.25, 0.3) is 0 Å². The fraction of sp³-hybridized carbons (Fsp3) is 0.316. The monoisotopic (exact) mass is 374 g/mol. The van der Waals surface area contributed by atoms with Crippen LogP contribution in [0.1, 0.15) is 19.3 Å². The van der Waals surface area contributed by atoms with Crippen LogP contribution in [0.4, 0.5) is 0 Å². The van der Waals surface area contributed by atoms with Crippen molar-refractivity contribution in [3.05, 3.63) is 54.6 Å². The van der Waals surface area contributed by atoms with Crippen LogP contribution in [0.3, 0.4) is 0 Å². The number of nitrogens with one attached hydrogen (secondary N) is 1. The molecule has 2 N–H and O–H groups in total. The van der Waals surface area contributed by atoms with Gasteiger partial charge in [-0.15, -0.1) is 0 Å². The SMILES string of the molecule is O=C(CN1CCCCCP1(=O)c1ccc(Oc2ccccc2)cc1)NO. The molecule has 1 aliphatic rings. The highest BCUT2D eigenvalue weighted by Crippen LogP contribution is 2.51. The summed E-state index contributed by atoms with van der Waals surface area (Å²) in [6.45, 7) is 0.503. The Morgan fingerprint density at radius 1 is 1.04 bits per heavy atom. The van der Waals surface area contributed by atoms with Crippen LogP contribution in [0, 0.1) is 0 Å². The summed E-state index contributed by atoms with van der Waals surface area (Å²) < 4.78 is 21.2. The number of benzene rings is 2. The topological polar surface area (TPSA) is 78.9 Å². The van der Waals surface area contributed by atoms with Crippen LogP contribution < -0.4 is 15.5 Å². The number of rotatable bonds is 5. The molecule has 3 rings (SSSR count). The van der Waals surface area contributed by atoms with Gasteiger partial charge in [-0.25, -0.2) is 10.2 Å². The van der Waals surface area contributed by atoms with Crippen molar-refractivity contribution in [3.63, 3.8) is 0 Å². The third kappa shape index (κ3) is 4.33. The van der Waals surface area contributed by atoms with Gasteiger partial charge in [0.15, 0.2) is 7.29 Å². The van der Waals surface area contributed by atoms with E-state index in [4.69, 9.17) is 9.94 Å². The molecule has 2 aromatic carbocycles. The second kappa shape index (κ2) is 8.49. The van der Waals surface area contributed by atoms with E-state index in [1.54, 1.807) is 22.3 Å². The first-order valence-corrected chi connectivity index (χ1v) is 10.6. The molecular formula is C19H23N2O4P. The molecule has 0 radical (unpaired) electrons. The van der Waals surface area contributed by atoms with Crippen molar-refractivity contribution in [2.45, 2.75) is 19.3 Å². The second-order valence-corrected chi connectivity index (χ2v) is 9.25. The molecule has 6 nitrogen and oxygen atoms in total. The molecule has 1 aliphatic heterocycles. The Bertz CT molecular complexity index is 780. The lowest BCUT2D eigenvalue weighted by Gasteiger charge is -2.29. The fourth-order valence-corrected chi connectivity index (χ4v) is 6.11. The largest absolute Gasteiger partial charge is 0.457 e. The number of hydroxylamine groups is 1. The number of para-hydroxylation sites is 1. The predicted molar refractivity (Wildman–Crippen MR) is 100 cm³/mol. The number of ether oxygens (including phenoxy) is 1. The van der Waals surface area contributed by atoms with Gasteiger partial charge in [-0.3, -0.25) is 10.0 Å². The maximum atomic E-state index is 13.7. The highest BCUT2D eigenvalue weighted by Gasteiger charge is 2.34. The summed E-state index contributed by atoms with van der Waals surface area (Å²) in [5.74, 6) is 0.861. The molecular weight excluding hydrogens is 351 g/mol. The van der Waals surface area contributed by atoms with Gasteiger partial charge >= 0.3 is 0 Å². The van der Waals surface area contributed by atoms with Gasteiger partial charge in [0.2, 0.25) is 0 Å². The normalized spacial score (nSPS) is 21.0. The van der Waals surface area contributed by atoms with Crippen molar-refractivity contribution in [2.75, 3.05) is 19.3 Å². The molecule has 1 amide bonds. The van der Waals surface area contributed by atoms with Crippen LogP contribution >= 0.6 is 7.29 Å². The lowest BCUT2D eigenvalue weighted by atomic mass is 10.2. The Morgan fingerprint density at radius 2 is 1.73 bits per heavy atom. The van der Waals surface area contributed by atoms with Crippen LogP contribution in [-0.4, -0.2) is 35.0 Å². The van der Waals surface area contributed by atoms with Crippen molar-refractivity contribution < 1.29 is 19.3 Å². The first kappa shape index (κ1) is 18.6. The molecule has 26 heavy (non-hydrogen) atoms. The number of hydrogen-bond donors (Lipinski definition) is 2. The minimum atomic E-state index is -2.88. The Hall–Kier alpha value is -2.14. The number of carbonyl (C=O) groups excluding carboxylic acids is 1. The Balaban J connectivity index is 1.82. The molecule has 0 aromatic heterocycles. The maximum absolute atomic E-state index is 13.7. The van der Waals surface area contributed by atoms with E-state index < -0.39 is 13.2 Å².